The largest absolute Gasteiger partial charge is 0.471 e. The highest BCUT2D eigenvalue weighted by Gasteiger charge is 2.26. The maximum atomic E-state index is 13.8. The van der Waals surface area contributed by atoms with Gasteiger partial charge in [-0.2, -0.15) is 10.2 Å². The van der Waals surface area contributed by atoms with Gasteiger partial charge in [0, 0.05) is 29.9 Å². The van der Waals surface area contributed by atoms with E-state index in [4.69, 9.17) is 10.5 Å². The number of alkyl halides is 2. The number of carbonyl (C=O) groups excluding carboxylic acids is 2. The Morgan fingerprint density at radius 3 is 2.49 bits per heavy atom. The van der Waals surface area contributed by atoms with E-state index in [9.17, 15) is 18.4 Å². The van der Waals surface area contributed by atoms with Crippen molar-refractivity contribution in [2.24, 2.45) is 12.8 Å². The number of rotatable bonds is 9. The van der Waals surface area contributed by atoms with Gasteiger partial charge in [-0.3, -0.25) is 14.3 Å². The fourth-order valence-corrected chi connectivity index (χ4v) is 5.33. The highest BCUT2D eigenvalue weighted by atomic mass is 32.1. The Morgan fingerprint density at radius 1 is 1.15 bits per heavy atom. The fraction of sp³-hybridized carbons (Fsp3) is 0.250. The molecule has 1 aromatic carbocycles. The van der Waals surface area contributed by atoms with Gasteiger partial charge in [0.2, 0.25) is 0 Å². The number of ether oxygens (including phenoxy) is 1. The predicted octanol–water partition coefficient (Wildman–Crippen LogP) is 5.65. The van der Waals surface area contributed by atoms with Crippen molar-refractivity contribution in [3.63, 3.8) is 0 Å². The molecule has 3 N–H and O–H groups in total. The number of hydrogen-bond donors (Lipinski definition) is 2. The van der Waals surface area contributed by atoms with Crippen molar-refractivity contribution in [3.8, 4) is 16.9 Å². The lowest BCUT2D eigenvalue weighted by molar-refractivity contribution is 0.100. The van der Waals surface area contributed by atoms with Gasteiger partial charge >= 0.3 is 0 Å². The average molecular weight is 580 g/mol. The molecule has 0 aliphatic carbocycles. The molecule has 4 heterocycles. The molecule has 0 atom stereocenters. The molecule has 0 unspecified atom stereocenters. The van der Waals surface area contributed by atoms with Crippen LogP contribution in [0.5, 0.6) is 5.75 Å². The summed E-state index contributed by atoms with van der Waals surface area (Å²) in [5.41, 5.74) is 8.06. The Hall–Kier alpha value is -4.65. The molecule has 41 heavy (non-hydrogen) atoms. The highest BCUT2D eigenvalue weighted by molar-refractivity contribution is 7.21. The van der Waals surface area contributed by atoms with Crippen molar-refractivity contribution >= 4 is 39.1 Å². The highest BCUT2D eigenvalue weighted by Crippen LogP contribution is 2.43. The van der Waals surface area contributed by atoms with Crippen LogP contribution in [0, 0.1) is 6.92 Å². The lowest BCUT2D eigenvalue weighted by Gasteiger charge is -2.10. The Balaban J connectivity index is 1.46. The number of anilines is 1. The Labute approximate surface area is 237 Å². The third kappa shape index (κ3) is 5.53. The Kier molecular flexibility index (Phi) is 7.54. The summed E-state index contributed by atoms with van der Waals surface area (Å²) in [7, 11) is 1.72. The molecule has 0 aliphatic rings. The number of thiophene rings is 1. The number of nitrogens with two attached hydrogens (primary N) is 1. The number of nitrogens with one attached hydrogen (secondary N) is 1. The number of amides is 2. The number of halogens is 2. The van der Waals surface area contributed by atoms with E-state index < -0.39 is 23.9 Å². The van der Waals surface area contributed by atoms with Crippen molar-refractivity contribution < 1.29 is 23.1 Å². The van der Waals surface area contributed by atoms with Crippen LogP contribution in [0.4, 0.5) is 14.5 Å². The van der Waals surface area contributed by atoms with Crippen LogP contribution >= 0.6 is 11.3 Å². The summed E-state index contributed by atoms with van der Waals surface area (Å²) in [6, 6.07) is 10.5. The molecule has 4 aromatic heterocycles. The number of carbonyl (C=O) groups is 2. The van der Waals surface area contributed by atoms with Crippen molar-refractivity contribution in [2.75, 3.05) is 5.32 Å². The smallest absolute Gasteiger partial charge is 0.280 e. The van der Waals surface area contributed by atoms with Crippen LogP contribution in [0.2, 0.25) is 0 Å². The monoisotopic (exact) mass is 579 g/mol. The predicted molar refractivity (Wildman–Crippen MR) is 151 cm³/mol. The summed E-state index contributed by atoms with van der Waals surface area (Å²) in [5, 5.41) is 11.5. The first kappa shape index (κ1) is 27.9. The van der Waals surface area contributed by atoms with Crippen molar-refractivity contribution in [3.05, 3.63) is 76.3 Å². The van der Waals surface area contributed by atoms with Crippen LogP contribution in [0.15, 0.2) is 48.8 Å². The standard InChI is InChI=1S/C28H27F2N7O3S/c1-14(2)16-5-7-17(8-6-16)40-13-37-10-9-20(35-37)27(39)34-23-22-18(19-12-32-36(4)15(19)3)11-21(25(29)30)33-28(22)41-24(23)26(31)38/h5-12,14,25H,13H2,1-4H3,(H2,31,38)(H,34,39). The number of aromatic nitrogens is 5. The van der Waals surface area contributed by atoms with Gasteiger partial charge in [0.25, 0.3) is 18.2 Å². The summed E-state index contributed by atoms with van der Waals surface area (Å²) >= 11 is 0.829. The molecule has 0 bridgehead atoms. The molecule has 2 amide bonds. The quantitative estimate of drug-likeness (QED) is 0.232. The summed E-state index contributed by atoms with van der Waals surface area (Å²) in [4.78, 5) is 29.8. The fourth-order valence-electron chi connectivity index (χ4n) is 4.32. The van der Waals surface area contributed by atoms with Gasteiger partial charge < -0.3 is 15.8 Å². The third-order valence-electron chi connectivity index (χ3n) is 6.68. The number of primary amides is 1. The number of hydrogen-bond acceptors (Lipinski definition) is 7. The second kappa shape index (κ2) is 11.1. The number of benzene rings is 1. The van der Waals surface area contributed by atoms with Crippen molar-refractivity contribution in [1.29, 1.82) is 0 Å². The Bertz CT molecular complexity index is 1760. The second-order valence-corrected chi connectivity index (χ2v) is 10.7. The van der Waals surface area contributed by atoms with E-state index in [1.807, 2.05) is 24.3 Å². The minimum absolute atomic E-state index is 0.0253. The topological polar surface area (TPSA) is 130 Å². The van der Waals surface area contributed by atoms with Crippen molar-refractivity contribution in [2.45, 2.75) is 39.8 Å². The van der Waals surface area contributed by atoms with Gasteiger partial charge in [-0.25, -0.2) is 18.4 Å². The van der Waals surface area contributed by atoms with Gasteiger partial charge in [0.15, 0.2) is 12.4 Å². The average Bonchev–Trinajstić information content (AvgIpc) is 3.65. The van der Waals surface area contributed by atoms with E-state index in [0.29, 0.717) is 33.9 Å². The molecule has 5 rings (SSSR count). The first-order chi connectivity index (χ1) is 19.5. The third-order valence-corrected chi connectivity index (χ3v) is 7.77. The van der Waals surface area contributed by atoms with Gasteiger partial charge in [-0.1, -0.05) is 26.0 Å². The van der Waals surface area contributed by atoms with Gasteiger partial charge in [0.05, 0.1) is 11.9 Å². The Morgan fingerprint density at radius 2 is 1.88 bits per heavy atom. The van der Waals surface area contributed by atoms with Gasteiger partial charge in [-0.05, 0) is 48.2 Å². The van der Waals surface area contributed by atoms with E-state index in [1.54, 1.807) is 24.9 Å². The zero-order valence-electron chi connectivity index (χ0n) is 22.7. The van der Waals surface area contributed by atoms with Crippen LogP contribution in [-0.4, -0.2) is 36.4 Å². The van der Waals surface area contributed by atoms with E-state index in [2.05, 4.69) is 34.3 Å². The first-order valence-corrected chi connectivity index (χ1v) is 13.5. The molecular weight excluding hydrogens is 552 g/mol. The number of fused-ring (bicyclic) bond motifs is 1. The molecule has 5 aromatic rings. The zero-order valence-corrected chi connectivity index (χ0v) is 23.5. The van der Waals surface area contributed by atoms with Gasteiger partial charge in [-0.15, -0.1) is 11.3 Å². The minimum atomic E-state index is -2.85. The molecule has 0 spiro atoms. The molecule has 0 aliphatic heterocycles. The summed E-state index contributed by atoms with van der Waals surface area (Å²) < 4.78 is 36.3. The second-order valence-electron chi connectivity index (χ2n) is 9.70. The zero-order chi connectivity index (χ0) is 29.4. The van der Waals surface area contributed by atoms with Crippen LogP contribution < -0.4 is 15.8 Å². The summed E-state index contributed by atoms with van der Waals surface area (Å²) in [6.07, 6.45) is 0.260. The van der Waals surface area contributed by atoms with Gasteiger partial charge in [0.1, 0.15) is 21.2 Å². The molecular formula is C28H27F2N7O3S. The van der Waals surface area contributed by atoms with Crippen LogP contribution in [0.3, 0.4) is 0 Å². The maximum Gasteiger partial charge on any atom is 0.280 e. The van der Waals surface area contributed by atoms with Crippen LogP contribution in [0.1, 0.15) is 63.3 Å². The number of nitrogens with zero attached hydrogens (tertiary/aromatic N) is 5. The van der Waals surface area contributed by atoms with E-state index in [0.717, 1.165) is 11.3 Å². The molecule has 13 heteroatoms. The van der Waals surface area contributed by atoms with E-state index in [-0.39, 0.29) is 27.8 Å². The number of pyridine rings is 1. The molecule has 0 saturated heterocycles. The molecule has 0 fully saturated rings. The van der Waals surface area contributed by atoms with E-state index in [1.165, 1.54) is 28.6 Å². The van der Waals surface area contributed by atoms with Crippen molar-refractivity contribution in [1.82, 2.24) is 24.5 Å². The minimum Gasteiger partial charge on any atom is -0.471 e. The molecule has 10 nitrogen and oxygen atoms in total. The molecule has 0 saturated carbocycles. The summed E-state index contributed by atoms with van der Waals surface area (Å²) in [5.74, 6) is -0.406. The SMILES string of the molecule is Cc1c(-c2cc(C(F)F)nc3sc(C(N)=O)c(NC(=O)c4ccn(COc5ccc(C(C)C)cc5)n4)c23)cnn1C. The number of aryl methyl sites for hydroxylation is 1. The molecule has 0 radical (unpaired) electrons. The molecule has 212 valence electrons. The lowest BCUT2D eigenvalue weighted by atomic mass is 10.0. The van der Waals surface area contributed by atoms with E-state index >= 15 is 0 Å². The summed E-state index contributed by atoms with van der Waals surface area (Å²) in [6.45, 7) is 6.06. The van der Waals surface area contributed by atoms with Crippen LogP contribution in [-0.2, 0) is 13.8 Å². The maximum absolute atomic E-state index is 13.8. The first-order valence-electron chi connectivity index (χ1n) is 12.7. The van der Waals surface area contributed by atoms with Crippen LogP contribution in [0.25, 0.3) is 21.3 Å². The lowest BCUT2D eigenvalue weighted by Crippen LogP contribution is -2.18. The normalized spacial score (nSPS) is 11.5.